The van der Waals surface area contributed by atoms with Gasteiger partial charge in [-0.1, -0.05) is 12.1 Å². The van der Waals surface area contributed by atoms with E-state index in [-0.39, 0.29) is 0 Å². The minimum atomic E-state index is 0.779. The van der Waals surface area contributed by atoms with Gasteiger partial charge < -0.3 is 4.98 Å². The van der Waals surface area contributed by atoms with Crippen LogP contribution in [0.25, 0.3) is 22.3 Å². The monoisotopic (exact) mass is 341 g/mol. The number of H-pyrrole nitrogens is 1. The summed E-state index contributed by atoms with van der Waals surface area (Å²) in [6.45, 7) is 2.83. The van der Waals surface area contributed by atoms with Crippen molar-refractivity contribution in [1.29, 1.82) is 0 Å². The molecule has 5 nitrogen and oxygen atoms in total. The second kappa shape index (κ2) is 6.35. The van der Waals surface area contributed by atoms with Gasteiger partial charge in [0.25, 0.3) is 0 Å². The van der Waals surface area contributed by atoms with Gasteiger partial charge in [-0.2, -0.15) is 0 Å². The molecule has 0 radical (unpaired) electrons. The molecule has 4 aromatic rings. The summed E-state index contributed by atoms with van der Waals surface area (Å²) in [7, 11) is 0. The number of rotatable bonds is 3. The van der Waals surface area contributed by atoms with E-state index >= 15 is 0 Å². The van der Waals surface area contributed by atoms with Crippen LogP contribution in [0.4, 0.5) is 0 Å². The Morgan fingerprint density at radius 1 is 1.08 bits per heavy atom. The predicted octanol–water partition coefficient (Wildman–Crippen LogP) is 3.58. The molecule has 128 valence electrons. The average Bonchev–Trinajstić information content (AvgIpc) is 3.16. The van der Waals surface area contributed by atoms with E-state index in [1.54, 1.807) is 12.4 Å². The Kier molecular flexibility index (Phi) is 3.72. The molecule has 1 aromatic carbocycles. The predicted molar refractivity (Wildman–Crippen MR) is 101 cm³/mol. The molecule has 0 amide bonds. The van der Waals surface area contributed by atoms with Crippen molar-refractivity contribution in [3.05, 3.63) is 78.0 Å². The van der Waals surface area contributed by atoms with Crippen molar-refractivity contribution in [2.45, 2.75) is 19.5 Å². The third kappa shape index (κ3) is 2.86. The first-order valence-electron chi connectivity index (χ1n) is 8.89. The number of nitrogens with one attached hydrogen (secondary N) is 1. The highest BCUT2D eigenvalue weighted by Crippen LogP contribution is 2.23. The lowest BCUT2D eigenvalue weighted by atomic mass is 10.1. The maximum Gasteiger partial charge on any atom is 0.159 e. The van der Waals surface area contributed by atoms with Gasteiger partial charge >= 0.3 is 0 Å². The van der Waals surface area contributed by atoms with Crippen LogP contribution < -0.4 is 0 Å². The smallest absolute Gasteiger partial charge is 0.159 e. The summed E-state index contributed by atoms with van der Waals surface area (Å²) in [4.78, 5) is 19.2. The summed E-state index contributed by atoms with van der Waals surface area (Å²) >= 11 is 0. The van der Waals surface area contributed by atoms with Crippen LogP contribution in [-0.2, 0) is 19.5 Å². The van der Waals surface area contributed by atoms with Crippen LogP contribution in [-0.4, -0.2) is 31.4 Å². The first kappa shape index (κ1) is 15.2. The molecule has 1 aliphatic heterocycles. The number of pyridine rings is 1. The topological polar surface area (TPSA) is 57.7 Å². The molecule has 5 rings (SSSR count). The molecule has 1 N–H and O–H groups in total. The van der Waals surface area contributed by atoms with Crippen molar-refractivity contribution >= 4 is 10.9 Å². The molecule has 0 fully saturated rings. The van der Waals surface area contributed by atoms with Crippen molar-refractivity contribution in [2.24, 2.45) is 0 Å². The summed E-state index contributed by atoms with van der Waals surface area (Å²) in [6, 6.07) is 12.7. The van der Waals surface area contributed by atoms with Crippen molar-refractivity contribution < 1.29 is 0 Å². The number of fused-ring (bicyclic) bond motifs is 2. The first-order chi connectivity index (χ1) is 12.8. The van der Waals surface area contributed by atoms with E-state index < -0.39 is 0 Å². The summed E-state index contributed by atoms with van der Waals surface area (Å²) < 4.78 is 0. The number of aromatic nitrogens is 4. The molecule has 0 atom stereocenters. The van der Waals surface area contributed by atoms with Gasteiger partial charge in [-0.3, -0.25) is 9.88 Å². The average molecular weight is 341 g/mol. The van der Waals surface area contributed by atoms with Crippen molar-refractivity contribution in [1.82, 2.24) is 24.8 Å². The zero-order valence-electron chi connectivity index (χ0n) is 14.4. The van der Waals surface area contributed by atoms with Crippen LogP contribution in [0.3, 0.4) is 0 Å². The van der Waals surface area contributed by atoms with Gasteiger partial charge in [0.05, 0.1) is 5.69 Å². The molecule has 0 aliphatic carbocycles. The fourth-order valence-corrected chi connectivity index (χ4v) is 3.58. The van der Waals surface area contributed by atoms with Gasteiger partial charge in [-0.25, -0.2) is 9.97 Å². The number of nitrogens with zero attached hydrogens (tertiary/aromatic N) is 4. The molecule has 0 saturated carbocycles. The Hall–Kier alpha value is -3.05. The Balaban J connectivity index is 1.38. The molecule has 0 spiro atoms. The molecular formula is C21H19N5. The van der Waals surface area contributed by atoms with E-state index in [0.29, 0.717) is 0 Å². The second-order valence-corrected chi connectivity index (χ2v) is 6.76. The maximum absolute atomic E-state index is 4.83. The fraction of sp³-hybridized carbons (Fsp3) is 0.190. The van der Waals surface area contributed by atoms with E-state index in [2.05, 4.69) is 44.1 Å². The second-order valence-electron chi connectivity index (χ2n) is 6.76. The number of hydrogen-bond donors (Lipinski definition) is 1. The minimum absolute atomic E-state index is 0.779. The lowest BCUT2D eigenvalue weighted by Gasteiger charge is -2.28. The maximum atomic E-state index is 4.83. The molecule has 5 heteroatoms. The van der Waals surface area contributed by atoms with Crippen LogP contribution in [0.1, 0.15) is 16.8 Å². The zero-order valence-corrected chi connectivity index (χ0v) is 14.4. The Morgan fingerprint density at radius 2 is 2.00 bits per heavy atom. The number of aromatic amines is 1. The van der Waals surface area contributed by atoms with Gasteiger partial charge in [0.15, 0.2) is 5.82 Å². The highest BCUT2D eigenvalue weighted by atomic mass is 15.1. The highest BCUT2D eigenvalue weighted by molar-refractivity contribution is 5.79. The van der Waals surface area contributed by atoms with Crippen LogP contribution >= 0.6 is 0 Å². The van der Waals surface area contributed by atoms with Crippen LogP contribution in [0.5, 0.6) is 0 Å². The molecular weight excluding hydrogens is 322 g/mol. The zero-order chi connectivity index (χ0) is 17.3. The third-order valence-electron chi connectivity index (χ3n) is 4.99. The normalized spacial score (nSPS) is 14.5. The van der Waals surface area contributed by atoms with E-state index in [0.717, 1.165) is 43.1 Å². The quantitative estimate of drug-likeness (QED) is 0.619. The third-order valence-corrected chi connectivity index (χ3v) is 4.99. The lowest BCUT2D eigenvalue weighted by Crippen LogP contribution is -2.31. The van der Waals surface area contributed by atoms with Crippen LogP contribution in [0.2, 0.25) is 0 Å². The lowest BCUT2D eigenvalue weighted by molar-refractivity contribution is 0.241. The van der Waals surface area contributed by atoms with E-state index in [1.807, 2.05) is 24.5 Å². The van der Waals surface area contributed by atoms with Crippen LogP contribution in [0.15, 0.2) is 61.2 Å². The standard InChI is InChI=1S/C21H19N5/c1-2-16-5-9-23-19(16)11-15(1)13-26-10-6-18-12-24-21(25-20(18)14-26)17-3-7-22-8-4-17/h1-5,7-9,11-12,23H,6,10,13-14H2. The molecule has 0 saturated heterocycles. The summed E-state index contributed by atoms with van der Waals surface area (Å²) in [5, 5.41) is 1.26. The summed E-state index contributed by atoms with van der Waals surface area (Å²) in [5.74, 6) is 0.779. The highest BCUT2D eigenvalue weighted by Gasteiger charge is 2.19. The molecule has 1 aliphatic rings. The fourth-order valence-electron chi connectivity index (χ4n) is 3.58. The van der Waals surface area contributed by atoms with Gasteiger partial charge in [-0.15, -0.1) is 0 Å². The van der Waals surface area contributed by atoms with Gasteiger partial charge in [-0.05, 0) is 47.2 Å². The molecule has 0 bridgehead atoms. The van der Waals surface area contributed by atoms with Gasteiger partial charge in [0.2, 0.25) is 0 Å². The summed E-state index contributed by atoms with van der Waals surface area (Å²) in [5.41, 5.74) is 5.93. The van der Waals surface area contributed by atoms with Crippen molar-refractivity contribution in [2.75, 3.05) is 6.54 Å². The number of hydrogen-bond acceptors (Lipinski definition) is 4. The SMILES string of the molecule is c1cc(-c2ncc3c(n2)CN(Cc2ccc4cc[nH]c4c2)CC3)ccn1. The molecule has 4 heterocycles. The van der Waals surface area contributed by atoms with Gasteiger partial charge in [0.1, 0.15) is 0 Å². The van der Waals surface area contributed by atoms with E-state index in [1.165, 1.54) is 22.0 Å². The largest absolute Gasteiger partial charge is 0.361 e. The Labute approximate surface area is 151 Å². The molecule has 3 aromatic heterocycles. The first-order valence-corrected chi connectivity index (χ1v) is 8.89. The van der Waals surface area contributed by atoms with Gasteiger partial charge in [0, 0.05) is 55.5 Å². The van der Waals surface area contributed by atoms with E-state index in [9.17, 15) is 0 Å². The Morgan fingerprint density at radius 3 is 2.92 bits per heavy atom. The van der Waals surface area contributed by atoms with Crippen LogP contribution in [0, 0.1) is 0 Å². The van der Waals surface area contributed by atoms with Crippen molar-refractivity contribution in [3.63, 3.8) is 0 Å². The summed E-state index contributed by atoms with van der Waals surface area (Å²) in [6.07, 6.45) is 8.53. The van der Waals surface area contributed by atoms with E-state index in [4.69, 9.17) is 4.98 Å². The van der Waals surface area contributed by atoms with Crippen molar-refractivity contribution in [3.8, 4) is 11.4 Å². The molecule has 0 unspecified atom stereocenters. The number of benzene rings is 1. The minimum Gasteiger partial charge on any atom is -0.361 e. The molecule has 26 heavy (non-hydrogen) atoms. The Bertz CT molecular complexity index is 1050.